The molecule has 19 heavy (non-hydrogen) atoms. The van der Waals surface area contributed by atoms with Crippen LogP contribution < -0.4 is 5.32 Å². The summed E-state index contributed by atoms with van der Waals surface area (Å²) in [7, 11) is 0. The number of hydrogen-bond donors (Lipinski definition) is 1. The molecule has 106 valence electrons. The Bertz CT molecular complexity index is 390. The van der Waals surface area contributed by atoms with Gasteiger partial charge < -0.3 is 5.32 Å². The van der Waals surface area contributed by atoms with E-state index in [1.165, 1.54) is 23.5 Å². The van der Waals surface area contributed by atoms with Gasteiger partial charge in [0, 0.05) is 6.04 Å². The van der Waals surface area contributed by atoms with Crippen molar-refractivity contribution in [3.63, 3.8) is 0 Å². The zero-order chi connectivity index (χ0) is 13.9. The summed E-state index contributed by atoms with van der Waals surface area (Å²) in [5, 5.41) is 3.70. The lowest BCUT2D eigenvalue weighted by atomic mass is 9.82. The minimum Gasteiger partial charge on any atom is -0.309 e. The van der Waals surface area contributed by atoms with Crippen LogP contribution in [0.3, 0.4) is 0 Å². The standard InChI is InChI=1S/C16H24FNS/c1-16(2,3)15(13-4-6-14(17)7-5-13)18-10-12-8-9-19-11-12/h4-7,12,15,18H,8-11H2,1-3H3. The van der Waals surface area contributed by atoms with Crippen LogP contribution in [0.4, 0.5) is 4.39 Å². The highest BCUT2D eigenvalue weighted by Crippen LogP contribution is 2.33. The highest BCUT2D eigenvalue weighted by atomic mass is 32.2. The fraction of sp³-hybridized carbons (Fsp3) is 0.625. The van der Waals surface area contributed by atoms with E-state index in [9.17, 15) is 4.39 Å². The lowest BCUT2D eigenvalue weighted by Crippen LogP contribution is -2.35. The van der Waals surface area contributed by atoms with Crippen molar-refractivity contribution in [3.05, 3.63) is 35.6 Å². The predicted octanol–water partition coefficient (Wildman–Crippen LogP) is 4.26. The van der Waals surface area contributed by atoms with E-state index >= 15 is 0 Å². The molecule has 1 nitrogen and oxygen atoms in total. The number of nitrogens with one attached hydrogen (secondary N) is 1. The number of rotatable bonds is 4. The second-order valence-corrected chi connectivity index (χ2v) is 7.64. The maximum atomic E-state index is 13.1. The first-order valence-corrected chi connectivity index (χ1v) is 8.19. The van der Waals surface area contributed by atoms with Gasteiger partial charge in [-0.05, 0) is 53.5 Å². The Morgan fingerprint density at radius 3 is 2.53 bits per heavy atom. The summed E-state index contributed by atoms with van der Waals surface area (Å²) < 4.78 is 13.1. The first-order valence-electron chi connectivity index (χ1n) is 7.03. The predicted molar refractivity (Wildman–Crippen MR) is 82.0 cm³/mol. The summed E-state index contributed by atoms with van der Waals surface area (Å²) in [5.41, 5.74) is 1.31. The van der Waals surface area contributed by atoms with Crippen molar-refractivity contribution >= 4 is 11.8 Å². The first-order chi connectivity index (χ1) is 8.97. The molecule has 1 aromatic carbocycles. The van der Waals surface area contributed by atoms with Crippen LogP contribution in [0.25, 0.3) is 0 Å². The van der Waals surface area contributed by atoms with Gasteiger partial charge in [0.2, 0.25) is 0 Å². The van der Waals surface area contributed by atoms with Crippen molar-refractivity contribution in [2.45, 2.75) is 33.2 Å². The Labute approximate surface area is 120 Å². The molecule has 1 aromatic rings. The molecule has 1 heterocycles. The quantitative estimate of drug-likeness (QED) is 0.885. The third-order valence-corrected chi connectivity index (χ3v) is 4.94. The van der Waals surface area contributed by atoms with Crippen LogP contribution in [0.15, 0.2) is 24.3 Å². The third kappa shape index (κ3) is 4.22. The highest BCUT2D eigenvalue weighted by molar-refractivity contribution is 7.99. The summed E-state index contributed by atoms with van der Waals surface area (Å²) in [6, 6.07) is 7.20. The maximum absolute atomic E-state index is 13.1. The Hall–Kier alpha value is -0.540. The fourth-order valence-electron chi connectivity index (χ4n) is 2.61. The van der Waals surface area contributed by atoms with Gasteiger partial charge in [0.05, 0.1) is 0 Å². The highest BCUT2D eigenvalue weighted by Gasteiger charge is 2.27. The molecular formula is C16H24FNS. The smallest absolute Gasteiger partial charge is 0.123 e. The van der Waals surface area contributed by atoms with Crippen molar-refractivity contribution in [3.8, 4) is 0 Å². The van der Waals surface area contributed by atoms with E-state index < -0.39 is 0 Å². The lowest BCUT2D eigenvalue weighted by molar-refractivity contribution is 0.262. The number of benzene rings is 1. The lowest BCUT2D eigenvalue weighted by Gasteiger charge is -2.33. The molecule has 2 atom stereocenters. The van der Waals surface area contributed by atoms with Gasteiger partial charge in [-0.3, -0.25) is 0 Å². The number of thioether (sulfide) groups is 1. The van der Waals surface area contributed by atoms with Crippen LogP contribution in [0.1, 0.15) is 38.8 Å². The average molecular weight is 281 g/mol. The Morgan fingerprint density at radius 1 is 1.32 bits per heavy atom. The van der Waals surface area contributed by atoms with Crippen LogP contribution in [-0.4, -0.2) is 18.1 Å². The number of hydrogen-bond acceptors (Lipinski definition) is 2. The summed E-state index contributed by atoms with van der Waals surface area (Å²) >= 11 is 2.05. The molecule has 1 aliphatic rings. The Balaban J connectivity index is 2.05. The molecule has 2 rings (SSSR count). The Morgan fingerprint density at radius 2 is 2.00 bits per heavy atom. The van der Waals surface area contributed by atoms with Gasteiger partial charge in [-0.15, -0.1) is 0 Å². The minimum atomic E-state index is -0.163. The average Bonchev–Trinajstić information content (AvgIpc) is 2.83. The second-order valence-electron chi connectivity index (χ2n) is 6.49. The van der Waals surface area contributed by atoms with Gasteiger partial charge in [0.15, 0.2) is 0 Å². The molecule has 3 heteroatoms. The molecule has 0 aliphatic carbocycles. The molecule has 0 radical (unpaired) electrons. The molecule has 0 aromatic heterocycles. The zero-order valence-corrected chi connectivity index (χ0v) is 12.9. The molecule has 1 fully saturated rings. The summed E-state index contributed by atoms with van der Waals surface area (Å²) in [5.74, 6) is 3.19. The largest absolute Gasteiger partial charge is 0.309 e. The van der Waals surface area contributed by atoms with Gasteiger partial charge in [-0.2, -0.15) is 11.8 Å². The van der Waals surface area contributed by atoms with Crippen LogP contribution >= 0.6 is 11.8 Å². The topological polar surface area (TPSA) is 12.0 Å². The van der Waals surface area contributed by atoms with Gasteiger partial charge in [0.1, 0.15) is 5.82 Å². The first kappa shape index (κ1) is 14.9. The third-order valence-electron chi connectivity index (χ3n) is 3.70. The summed E-state index contributed by atoms with van der Waals surface area (Å²) in [6.45, 7) is 7.76. The van der Waals surface area contributed by atoms with Crippen LogP contribution in [0, 0.1) is 17.2 Å². The van der Waals surface area contributed by atoms with Gasteiger partial charge in [-0.25, -0.2) is 4.39 Å². The van der Waals surface area contributed by atoms with E-state index in [-0.39, 0.29) is 17.3 Å². The normalized spacial score (nSPS) is 21.6. The second kappa shape index (κ2) is 6.27. The SMILES string of the molecule is CC(C)(C)C(NCC1CCSC1)c1ccc(F)cc1. The van der Waals surface area contributed by atoms with Gasteiger partial charge >= 0.3 is 0 Å². The monoisotopic (exact) mass is 281 g/mol. The molecule has 0 bridgehead atoms. The van der Waals surface area contributed by atoms with Gasteiger partial charge in [0.25, 0.3) is 0 Å². The molecule has 1 saturated heterocycles. The van der Waals surface area contributed by atoms with Crippen molar-refractivity contribution < 1.29 is 4.39 Å². The van der Waals surface area contributed by atoms with E-state index in [4.69, 9.17) is 0 Å². The van der Waals surface area contributed by atoms with E-state index in [1.807, 2.05) is 23.9 Å². The molecule has 1 aliphatic heterocycles. The van der Waals surface area contributed by atoms with Crippen LogP contribution in [0.5, 0.6) is 0 Å². The van der Waals surface area contributed by atoms with Crippen molar-refractivity contribution in [1.82, 2.24) is 5.32 Å². The van der Waals surface area contributed by atoms with Gasteiger partial charge in [-0.1, -0.05) is 32.9 Å². The fourth-order valence-corrected chi connectivity index (χ4v) is 3.89. The minimum absolute atomic E-state index is 0.129. The van der Waals surface area contributed by atoms with E-state index in [0.29, 0.717) is 0 Å². The molecule has 1 N–H and O–H groups in total. The van der Waals surface area contributed by atoms with Crippen LogP contribution in [0.2, 0.25) is 0 Å². The Kier molecular flexibility index (Phi) is 4.91. The van der Waals surface area contributed by atoms with Crippen molar-refractivity contribution in [2.24, 2.45) is 11.3 Å². The van der Waals surface area contributed by atoms with E-state index in [2.05, 4.69) is 26.1 Å². The van der Waals surface area contributed by atoms with Crippen molar-refractivity contribution in [1.29, 1.82) is 0 Å². The van der Waals surface area contributed by atoms with E-state index in [0.717, 1.165) is 12.5 Å². The molecular weight excluding hydrogens is 257 g/mol. The maximum Gasteiger partial charge on any atom is 0.123 e. The zero-order valence-electron chi connectivity index (χ0n) is 12.1. The molecule has 0 saturated carbocycles. The molecule has 0 amide bonds. The summed E-state index contributed by atoms with van der Waals surface area (Å²) in [6.07, 6.45) is 1.32. The molecule has 2 unspecified atom stereocenters. The van der Waals surface area contributed by atoms with Crippen molar-refractivity contribution in [2.75, 3.05) is 18.1 Å². The molecule has 0 spiro atoms. The van der Waals surface area contributed by atoms with E-state index in [1.54, 1.807) is 12.1 Å². The number of halogens is 1. The van der Waals surface area contributed by atoms with Crippen LogP contribution in [-0.2, 0) is 0 Å². The summed E-state index contributed by atoms with van der Waals surface area (Å²) in [4.78, 5) is 0.